The van der Waals surface area contributed by atoms with Crippen LogP contribution in [0.15, 0.2) is 0 Å². The van der Waals surface area contributed by atoms with Gasteiger partial charge in [0.2, 0.25) is 0 Å². The molecule has 0 bridgehead atoms. The molecule has 7 heteroatoms. The van der Waals surface area contributed by atoms with Crippen LogP contribution in [0.2, 0.25) is 0 Å². The van der Waals surface area contributed by atoms with Crippen LogP contribution >= 0.6 is 0 Å². The molecule has 9 heavy (non-hydrogen) atoms. The van der Waals surface area contributed by atoms with Crippen LogP contribution in [0, 0.1) is 0 Å². The van der Waals surface area contributed by atoms with Crippen LogP contribution in [0.1, 0.15) is 0 Å². The molecule has 0 aromatic carbocycles. The minimum atomic E-state index is -1.80. The molecular weight excluding hydrogens is 143 g/mol. The number of hydrogen-bond donors (Lipinski definition) is 2. The van der Waals surface area contributed by atoms with Crippen LogP contribution in [0.3, 0.4) is 0 Å². The van der Waals surface area contributed by atoms with Crippen LogP contribution in [0.25, 0.3) is 0 Å². The van der Waals surface area contributed by atoms with Crippen molar-refractivity contribution < 1.29 is 59.1 Å². The summed E-state index contributed by atoms with van der Waals surface area (Å²) in [6.07, 6.45) is -3.60. The van der Waals surface area contributed by atoms with E-state index < -0.39 is 12.3 Å². The fourth-order valence-electron chi connectivity index (χ4n) is 0.0713. The van der Waals surface area contributed by atoms with Crippen LogP contribution in [0.5, 0.6) is 0 Å². The molecular formula is C2H2NaO6+. The van der Waals surface area contributed by atoms with E-state index in [0.29, 0.717) is 0 Å². The number of rotatable bonds is 0. The molecule has 0 fully saturated rings. The van der Waals surface area contributed by atoms with Gasteiger partial charge in [0.15, 0.2) is 0 Å². The summed E-state index contributed by atoms with van der Waals surface area (Å²) >= 11 is 0. The van der Waals surface area contributed by atoms with E-state index in [4.69, 9.17) is 10.2 Å². The van der Waals surface area contributed by atoms with E-state index in [2.05, 4.69) is 9.78 Å². The Balaban J connectivity index is 0. The molecule has 0 aromatic rings. The Labute approximate surface area is 71.6 Å². The van der Waals surface area contributed by atoms with E-state index in [1.165, 1.54) is 0 Å². The summed E-state index contributed by atoms with van der Waals surface area (Å²) in [5, 5.41) is 15.1. The first-order valence-electron chi connectivity index (χ1n) is 1.43. The average molecular weight is 145 g/mol. The van der Waals surface area contributed by atoms with Gasteiger partial charge in [-0.25, -0.2) is 19.4 Å². The van der Waals surface area contributed by atoms with Crippen LogP contribution < -0.4 is 29.6 Å². The predicted octanol–water partition coefficient (Wildman–Crippen LogP) is -2.71. The van der Waals surface area contributed by atoms with Crippen molar-refractivity contribution in [3.05, 3.63) is 0 Å². The molecule has 0 radical (unpaired) electrons. The van der Waals surface area contributed by atoms with Crippen molar-refractivity contribution in [2.24, 2.45) is 0 Å². The monoisotopic (exact) mass is 145 g/mol. The molecule has 0 aliphatic heterocycles. The molecule has 0 unspecified atom stereocenters. The molecule has 0 atom stereocenters. The van der Waals surface area contributed by atoms with Gasteiger partial charge >= 0.3 is 41.9 Å². The van der Waals surface area contributed by atoms with E-state index in [0.717, 1.165) is 0 Å². The van der Waals surface area contributed by atoms with Crippen molar-refractivity contribution in [1.82, 2.24) is 0 Å². The summed E-state index contributed by atoms with van der Waals surface area (Å²) in [7, 11) is 0. The third-order valence-corrected chi connectivity index (χ3v) is 0.184. The van der Waals surface area contributed by atoms with Crippen molar-refractivity contribution in [2.45, 2.75) is 0 Å². The Morgan fingerprint density at radius 1 is 1.00 bits per heavy atom. The smallest absolute Gasteiger partial charge is 0.447 e. The minimum Gasteiger partial charge on any atom is -0.447 e. The molecule has 0 rings (SSSR count). The molecule has 0 aromatic heterocycles. The first kappa shape index (κ1) is 11.4. The van der Waals surface area contributed by atoms with Crippen molar-refractivity contribution in [1.29, 1.82) is 0 Å². The third kappa shape index (κ3) is 11.2. The van der Waals surface area contributed by atoms with Crippen molar-refractivity contribution in [2.75, 3.05) is 0 Å². The Bertz CT molecular complexity index is 95.6. The van der Waals surface area contributed by atoms with Gasteiger partial charge in [-0.1, -0.05) is 0 Å². The maximum Gasteiger partial charge on any atom is 1.00 e. The average Bonchev–Trinajstić information content (AvgIpc) is 1.61. The topological polar surface area (TPSA) is 93.1 Å². The molecule has 2 N–H and O–H groups in total. The van der Waals surface area contributed by atoms with E-state index >= 15 is 0 Å². The second-order valence-electron chi connectivity index (χ2n) is 0.698. The first-order chi connectivity index (χ1) is 3.63. The van der Waals surface area contributed by atoms with E-state index in [-0.39, 0.29) is 29.6 Å². The summed E-state index contributed by atoms with van der Waals surface area (Å²) in [6.45, 7) is 0. The molecule has 0 saturated heterocycles. The van der Waals surface area contributed by atoms with E-state index in [9.17, 15) is 9.59 Å². The second-order valence-corrected chi connectivity index (χ2v) is 0.698. The van der Waals surface area contributed by atoms with Crippen LogP contribution in [0.4, 0.5) is 9.59 Å². The number of hydrogen-bond acceptors (Lipinski definition) is 4. The second kappa shape index (κ2) is 5.67. The number of carboxylic acid groups (broad SMARTS) is 2. The fourth-order valence-corrected chi connectivity index (χ4v) is 0.0713. The predicted molar refractivity (Wildman–Crippen MR) is 18.2 cm³/mol. The zero-order valence-corrected chi connectivity index (χ0v) is 6.53. The largest absolute Gasteiger partial charge is 1.00 e. The van der Waals surface area contributed by atoms with Gasteiger partial charge in [0.1, 0.15) is 0 Å². The van der Waals surface area contributed by atoms with Gasteiger partial charge in [-0.2, -0.15) is 0 Å². The molecule has 0 amide bonds. The Morgan fingerprint density at radius 2 is 1.22 bits per heavy atom. The standard InChI is InChI=1S/C2H2O6.Na/c3-1(4)7-8-2(5)6;/h(H,3,4)(H,5,6);/q;+1. The molecule has 0 saturated carbocycles. The maximum absolute atomic E-state index is 9.29. The summed E-state index contributed by atoms with van der Waals surface area (Å²) in [5.41, 5.74) is 0. The van der Waals surface area contributed by atoms with Gasteiger partial charge in [0, 0.05) is 0 Å². The molecule has 0 aliphatic carbocycles. The van der Waals surface area contributed by atoms with Gasteiger partial charge in [-0.15, -0.1) is 0 Å². The number of carbonyl (C=O) groups is 2. The quantitative estimate of drug-likeness (QED) is 0.219. The molecule has 6 nitrogen and oxygen atoms in total. The maximum atomic E-state index is 9.29. The first-order valence-corrected chi connectivity index (χ1v) is 1.43. The van der Waals surface area contributed by atoms with E-state index in [1.807, 2.05) is 0 Å². The van der Waals surface area contributed by atoms with Gasteiger partial charge in [0.05, 0.1) is 0 Å². The molecule has 0 aliphatic rings. The Morgan fingerprint density at radius 3 is 1.33 bits per heavy atom. The SMILES string of the molecule is O=C(O)OOC(=O)O.[Na+]. The van der Waals surface area contributed by atoms with Gasteiger partial charge in [-0.05, 0) is 0 Å². The zero-order chi connectivity index (χ0) is 6.57. The van der Waals surface area contributed by atoms with Crippen molar-refractivity contribution in [3.63, 3.8) is 0 Å². The van der Waals surface area contributed by atoms with E-state index in [1.54, 1.807) is 0 Å². The van der Waals surface area contributed by atoms with Crippen molar-refractivity contribution in [3.8, 4) is 0 Å². The van der Waals surface area contributed by atoms with Crippen molar-refractivity contribution >= 4 is 12.3 Å². The fraction of sp³-hybridized carbons (Fsp3) is 0. The van der Waals surface area contributed by atoms with Gasteiger partial charge < -0.3 is 10.2 Å². The molecule has 46 valence electrons. The third-order valence-electron chi connectivity index (χ3n) is 0.184. The minimum absolute atomic E-state index is 0. The Kier molecular flexibility index (Phi) is 7.15. The van der Waals surface area contributed by atoms with Gasteiger partial charge in [-0.3, -0.25) is 0 Å². The molecule has 0 spiro atoms. The van der Waals surface area contributed by atoms with Crippen LogP contribution in [-0.4, -0.2) is 22.5 Å². The van der Waals surface area contributed by atoms with Crippen LogP contribution in [-0.2, 0) is 9.78 Å². The summed E-state index contributed by atoms with van der Waals surface area (Å²) in [5.74, 6) is 0. The zero-order valence-electron chi connectivity index (χ0n) is 4.53. The summed E-state index contributed by atoms with van der Waals surface area (Å²) in [6, 6.07) is 0. The summed E-state index contributed by atoms with van der Waals surface area (Å²) < 4.78 is 0. The molecule has 0 heterocycles. The Hall–Kier alpha value is -0.460. The normalized spacial score (nSPS) is 6.67. The van der Waals surface area contributed by atoms with Gasteiger partial charge in [0.25, 0.3) is 0 Å². The summed E-state index contributed by atoms with van der Waals surface area (Å²) in [4.78, 5) is 24.8.